The zero-order chi connectivity index (χ0) is 10.8. The number of hydrogen-bond acceptors (Lipinski definition) is 3. The predicted octanol–water partition coefficient (Wildman–Crippen LogP) is 1.79. The summed E-state index contributed by atoms with van der Waals surface area (Å²) in [5.74, 6) is -0.0844. The van der Waals surface area contributed by atoms with Crippen molar-refractivity contribution in [1.29, 1.82) is 0 Å². The van der Waals surface area contributed by atoms with E-state index in [0.717, 1.165) is 18.6 Å². The number of carboxylic acids is 1. The quantitative estimate of drug-likeness (QED) is 0.793. The first-order chi connectivity index (χ1) is 7.18. The topological polar surface area (TPSA) is 62.5 Å². The summed E-state index contributed by atoms with van der Waals surface area (Å²) < 4.78 is 5.25. The van der Waals surface area contributed by atoms with Crippen molar-refractivity contribution in [2.45, 2.75) is 31.8 Å². The van der Waals surface area contributed by atoms with Crippen LogP contribution >= 0.6 is 0 Å². The molecule has 0 aliphatic heterocycles. The standard InChI is InChI=1S/C11H15NO3/c1-7(10-3-2-6-15-10)12-9-5-4-8(9)11(13)14/h2-3,6-9,12H,4-5H2,1H3,(H,13,14). The minimum atomic E-state index is -0.703. The van der Waals surface area contributed by atoms with E-state index in [1.807, 2.05) is 19.1 Å². The highest BCUT2D eigenvalue weighted by Gasteiger charge is 2.37. The number of rotatable bonds is 4. The molecule has 1 aliphatic carbocycles. The van der Waals surface area contributed by atoms with E-state index in [0.29, 0.717) is 0 Å². The molecular formula is C11H15NO3. The number of furan rings is 1. The summed E-state index contributed by atoms with van der Waals surface area (Å²) in [6.07, 6.45) is 3.34. The summed E-state index contributed by atoms with van der Waals surface area (Å²) in [6, 6.07) is 3.89. The second-order valence-corrected chi connectivity index (χ2v) is 4.03. The third-order valence-electron chi connectivity index (χ3n) is 3.03. The number of carbonyl (C=O) groups is 1. The lowest BCUT2D eigenvalue weighted by atomic mass is 9.79. The van der Waals surface area contributed by atoms with Gasteiger partial charge in [0.2, 0.25) is 0 Å². The van der Waals surface area contributed by atoms with E-state index in [4.69, 9.17) is 9.52 Å². The molecule has 2 N–H and O–H groups in total. The van der Waals surface area contributed by atoms with Gasteiger partial charge in [-0.05, 0) is 31.9 Å². The Kier molecular flexibility index (Phi) is 2.77. The van der Waals surface area contributed by atoms with E-state index in [-0.39, 0.29) is 18.0 Å². The second kappa shape index (κ2) is 4.06. The average Bonchev–Trinajstić information content (AvgIpc) is 2.63. The SMILES string of the molecule is CC(NC1CCC1C(=O)O)c1ccco1. The lowest BCUT2D eigenvalue weighted by molar-refractivity contribution is -0.146. The summed E-state index contributed by atoms with van der Waals surface area (Å²) >= 11 is 0. The van der Waals surface area contributed by atoms with E-state index in [9.17, 15) is 4.79 Å². The fraction of sp³-hybridized carbons (Fsp3) is 0.545. The molecule has 0 bridgehead atoms. The van der Waals surface area contributed by atoms with Crippen molar-refractivity contribution in [2.24, 2.45) is 5.92 Å². The van der Waals surface area contributed by atoms with Gasteiger partial charge in [0.15, 0.2) is 0 Å². The van der Waals surface area contributed by atoms with Gasteiger partial charge in [-0.1, -0.05) is 0 Å². The van der Waals surface area contributed by atoms with Gasteiger partial charge < -0.3 is 14.8 Å². The van der Waals surface area contributed by atoms with Crippen molar-refractivity contribution in [3.63, 3.8) is 0 Å². The molecule has 1 aromatic heterocycles. The molecule has 0 saturated heterocycles. The smallest absolute Gasteiger partial charge is 0.308 e. The van der Waals surface area contributed by atoms with Gasteiger partial charge in [0.05, 0.1) is 18.2 Å². The molecule has 1 heterocycles. The van der Waals surface area contributed by atoms with Gasteiger partial charge >= 0.3 is 5.97 Å². The summed E-state index contributed by atoms with van der Waals surface area (Å²) in [7, 11) is 0. The highest BCUT2D eigenvalue weighted by atomic mass is 16.4. The fourth-order valence-electron chi connectivity index (χ4n) is 1.94. The van der Waals surface area contributed by atoms with E-state index < -0.39 is 5.97 Å². The number of hydrogen-bond donors (Lipinski definition) is 2. The fourth-order valence-corrected chi connectivity index (χ4v) is 1.94. The predicted molar refractivity (Wildman–Crippen MR) is 54.4 cm³/mol. The van der Waals surface area contributed by atoms with Gasteiger partial charge in [-0.3, -0.25) is 4.79 Å². The van der Waals surface area contributed by atoms with Crippen LogP contribution in [0.1, 0.15) is 31.6 Å². The molecule has 4 heteroatoms. The molecule has 2 rings (SSSR count). The Labute approximate surface area is 88.3 Å². The number of nitrogens with one attached hydrogen (secondary N) is 1. The zero-order valence-electron chi connectivity index (χ0n) is 8.64. The van der Waals surface area contributed by atoms with Crippen LogP contribution in [0, 0.1) is 5.92 Å². The van der Waals surface area contributed by atoms with Gasteiger partial charge in [0.1, 0.15) is 5.76 Å². The molecule has 15 heavy (non-hydrogen) atoms. The third-order valence-corrected chi connectivity index (χ3v) is 3.03. The summed E-state index contributed by atoms with van der Waals surface area (Å²) in [5, 5.41) is 12.2. The van der Waals surface area contributed by atoms with E-state index in [1.165, 1.54) is 0 Å². The molecule has 0 spiro atoms. The van der Waals surface area contributed by atoms with Gasteiger partial charge in [-0.2, -0.15) is 0 Å². The maximum Gasteiger partial charge on any atom is 0.308 e. The Hall–Kier alpha value is -1.29. The number of carboxylic acid groups (broad SMARTS) is 1. The van der Waals surface area contributed by atoms with Crippen LogP contribution in [0.15, 0.2) is 22.8 Å². The average molecular weight is 209 g/mol. The molecule has 3 unspecified atom stereocenters. The molecule has 3 atom stereocenters. The van der Waals surface area contributed by atoms with Crippen LogP contribution in [0.3, 0.4) is 0 Å². The molecule has 1 fully saturated rings. The van der Waals surface area contributed by atoms with E-state index in [2.05, 4.69) is 5.32 Å². The molecule has 0 amide bonds. The third kappa shape index (κ3) is 2.04. The van der Waals surface area contributed by atoms with E-state index in [1.54, 1.807) is 6.26 Å². The van der Waals surface area contributed by atoms with Crippen molar-refractivity contribution in [3.8, 4) is 0 Å². The first kappa shape index (κ1) is 10.2. The van der Waals surface area contributed by atoms with Gasteiger partial charge in [-0.25, -0.2) is 0 Å². The van der Waals surface area contributed by atoms with Crippen molar-refractivity contribution < 1.29 is 14.3 Å². The highest BCUT2D eigenvalue weighted by Crippen LogP contribution is 2.29. The maximum absolute atomic E-state index is 10.8. The van der Waals surface area contributed by atoms with Crippen molar-refractivity contribution >= 4 is 5.97 Å². The van der Waals surface area contributed by atoms with Gasteiger partial charge in [0, 0.05) is 6.04 Å². The highest BCUT2D eigenvalue weighted by molar-refractivity contribution is 5.72. The number of aliphatic carboxylic acids is 1. The Balaban J connectivity index is 1.90. The normalized spacial score (nSPS) is 27.0. The molecular weight excluding hydrogens is 194 g/mol. The zero-order valence-corrected chi connectivity index (χ0v) is 8.64. The molecule has 1 aliphatic rings. The molecule has 4 nitrogen and oxygen atoms in total. The van der Waals surface area contributed by atoms with Crippen LogP contribution in [-0.4, -0.2) is 17.1 Å². The summed E-state index contributed by atoms with van der Waals surface area (Å²) in [4.78, 5) is 10.8. The van der Waals surface area contributed by atoms with E-state index >= 15 is 0 Å². The monoisotopic (exact) mass is 209 g/mol. The lowest BCUT2D eigenvalue weighted by Gasteiger charge is -2.35. The Morgan fingerprint density at radius 2 is 2.47 bits per heavy atom. The van der Waals surface area contributed by atoms with Gasteiger partial charge in [-0.15, -0.1) is 0 Å². The first-order valence-electron chi connectivity index (χ1n) is 5.20. The van der Waals surface area contributed by atoms with Crippen LogP contribution in [-0.2, 0) is 4.79 Å². The van der Waals surface area contributed by atoms with Crippen LogP contribution in [0.25, 0.3) is 0 Å². The lowest BCUT2D eigenvalue weighted by Crippen LogP contribution is -2.48. The molecule has 0 radical (unpaired) electrons. The van der Waals surface area contributed by atoms with Crippen LogP contribution < -0.4 is 5.32 Å². The van der Waals surface area contributed by atoms with Crippen molar-refractivity contribution in [3.05, 3.63) is 24.2 Å². The Morgan fingerprint density at radius 3 is 2.93 bits per heavy atom. The van der Waals surface area contributed by atoms with Crippen LogP contribution in [0.5, 0.6) is 0 Å². The van der Waals surface area contributed by atoms with Crippen molar-refractivity contribution in [1.82, 2.24) is 5.32 Å². The largest absolute Gasteiger partial charge is 0.481 e. The maximum atomic E-state index is 10.8. The minimum absolute atomic E-state index is 0.0761. The van der Waals surface area contributed by atoms with Crippen molar-refractivity contribution in [2.75, 3.05) is 0 Å². The second-order valence-electron chi connectivity index (χ2n) is 4.03. The van der Waals surface area contributed by atoms with Crippen LogP contribution in [0.2, 0.25) is 0 Å². The Bertz CT molecular complexity index is 334. The molecule has 1 aromatic rings. The Morgan fingerprint density at radius 1 is 1.67 bits per heavy atom. The minimum Gasteiger partial charge on any atom is -0.481 e. The first-order valence-corrected chi connectivity index (χ1v) is 5.20. The van der Waals surface area contributed by atoms with Gasteiger partial charge in [0.25, 0.3) is 0 Å². The van der Waals surface area contributed by atoms with Crippen LogP contribution in [0.4, 0.5) is 0 Å². The summed E-state index contributed by atoms with van der Waals surface area (Å²) in [5.41, 5.74) is 0. The molecule has 82 valence electrons. The molecule has 0 aromatic carbocycles. The molecule has 1 saturated carbocycles. The summed E-state index contributed by atoms with van der Waals surface area (Å²) in [6.45, 7) is 1.98.